The zero-order valence-corrected chi connectivity index (χ0v) is 10.4. The highest BCUT2D eigenvalue weighted by Gasteiger charge is 2.04. The molecular formula is C14H14N4. The van der Waals surface area contributed by atoms with Crippen LogP contribution < -0.4 is 0 Å². The monoisotopic (exact) mass is 238 g/mol. The number of nitrogens with zero attached hydrogens (tertiary/aromatic N) is 4. The van der Waals surface area contributed by atoms with Crippen molar-refractivity contribution >= 4 is 5.65 Å². The van der Waals surface area contributed by atoms with Crippen LogP contribution in [0.25, 0.3) is 17.0 Å². The maximum Gasteiger partial charge on any atom is 0.153 e. The molecule has 0 unspecified atom stereocenters. The van der Waals surface area contributed by atoms with Crippen molar-refractivity contribution in [3.8, 4) is 11.4 Å². The lowest BCUT2D eigenvalue weighted by Crippen LogP contribution is -1.96. The van der Waals surface area contributed by atoms with Crippen LogP contribution >= 0.6 is 0 Å². The third-order valence-corrected chi connectivity index (χ3v) is 2.97. The van der Waals surface area contributed by atoms with Gasteiger partial charge in [-0.3, -0.25) is 4.98 Å². The van der Waals surface area contributed by atoms with Crippen LogP contribution in [0.2, 0.25) is 0 Å². The van der Waals surface area contributed by atoms with Crippen molar-refractivity contribution in [2.45, 2.75) is 19.8 Å². The summed E-state index contributed by atoms with van der Waals surface area (Å²) < 4.78 is 1.76. The van der Waals surface area contributed by atoms with E-state index in [0.29, 0.717) is 5.92 Å². The van der Waals surface area contributed by atoms with Crippen molar-refractivity contribution in [1.29, 1.82) is 0 Å². The molecule has 18 heavy (non-hydrogen) atoms. The molecule has 0 aliphatic heterocycles. The molecule has 3 rings (SSSR count). The summed E-state index contributed by atoms with van der Waals surface area (Å²) in [7, 11) is 0. The van der Waals surface area contributed by atoms with Crippen LogP contribution in [-0.2, 0) is 0 Å². The smallest absolute Gasteiger partial charge is 0.153 e. The molecule has 0 radical (unpaired) electrons. The number of hydrogen-bond acceptors (Lipinski definition) is 3. The number of rotatable bonds is 2. The lowest BCUT2D eigenvalue weighted by atomic mass is 10.1. The van der Waals surface area contributed by atoms with Gasteiger partial charge in [0.15, 0.2) is 5.65 Å². The normalized spacial score (nSPS) is 11.3. The molecule has 3 heterocycles. The largest absolute Gasteiger partial charge is 0.254 e. The van der Waals surface area contributed by atoms with Gasteiger partial charge in [0.05, 0.1) is 5.69 Å². The highest BCUT2D eigenvalue weighted by atomic mass is 15.2. The van der Waals surface area contributed by atoms with Gasteiger partial charge in [-0.25, -0.2) is 9.50 Å². The zero-order valence-electron chi connectivity index (χ0n) is 10.4. The van der Waals surface area contributed by atoms with E-state index < -0.39 is 0 Å². The molecular weight excluding hydrogens is 224 g/mol. The number of hydrogen-bond donors (Lipinski definition) is 0. The van der Waals surface area contributed by atoms with Crippen LogP contribution in [0.1, 0.15) is 25.3 Å². The van der Waals surface area contributed by atoms with E-state index in [1.165, 1.54) is 5.56 Å². The standard InChI is InChI=1S/C14H14N4/c1-10(2)11-3-4-12(16-9-11)13-5-6-14-15-7-8-18(14)17-13/h3-10H,1-2H3. The molecule has 3 aromatic heterocycles. The Morgan fingerprint density at radius 1 is 1.00 bits per heavy atom. The number of imidazole rings is 1. The number of fused-ring (bicyclic) bond motifs is 1. The lowest BCUT2D eigenvalue weighted by molar-refractivity contribution is 0.857. The molecule has 0 bridgehead atoms. The molecule has 0 aliphatic carbocycles. The van der Waals surface area contributed by atoms with Gasteiger partial charge in [0, 0.05) is 18.6 Å². The molecule has 0 saturated heterocycles. The van der Waals surface area contributed by atoms with Crippen LogP contribution in [0.3, 0.4) is 0 Å². The van der Waals surface area contributed by atoms with Gasteiger partial charge in [0.1, 0.15) is 5.69 Å². The van der Waals surface area contributed by atoms with Gasteiger partial charge >= 0.3 is 0 Å². The van der Waals surface area contributed by atoms with E-state index in [0.717, 1.165) is 17.0 Å². The minimum Gasteiger partial charge on any atom is -0.254 e. The van der Waals surface area contributed by atoms with E-state index >= 15 is 0 Å². The molecule has 4 heteroatoms. The van der Waals surface area contributed by atoms with Crippen molar-refractivity contribution in [1.82, 2.24) is 19.6 Å². The van der Waals surface area contributed by atoms with Gasteiger partial charge < -0.3 is 0 Å². The second kappa shape index (κ2) is 4.22. The van der Waals surface area contributed by atoms with E-state index in [-0.39, 0.29) is 0 Å². The van der Waals surface area contributed by atoms with Gasteiger partial charge in [0.2, 0.25) is 0 Å². The summed E-state index contributed by atoms with van der Waals surface area (Å²) in [6.07, 6.45) is 5.49. The fourth-order valence-corrected chi connectivity index (χ4v) is 1.85. The quantitative estimate of drug-likeness (QED) is 0.689. The predicted molar refractivity (Wildman–Crippen MR) is 70.3 cm³/mol. The van der Waals surface area contributed by atoms with Crippen LogP contribution in [0.15, 0.2) is 42.9 Å². The van der Waals surface area contributed by atoms with Gasteiger partial charge in [-0.1, -0.05) is 19.9 Å². The Morgan fingerprint density at radius 3 is 2.56 bits per heavy atom. The Labute approximate surface area is 105 Å². The number of aromatic nitrogens is 4. The van der Waals surface area contributed by atoms with E-state index in [2.05, 4.69) is 35.0 Å². The maximum absolute atomic E-state index is 4.47. The zero-order chi connectivity index (χ0) is 12.5. The fourth-order valence-electron chi connectivity index (χ4n) is 1.85. The summed E-state index contributed by atoms with van der Waals surface area (Å²) in [5.41, 5.74) is 3.82. The van der Waals surface area contributed by atoms with Crippen molar-refractivity contribution in [2.75, 3.05) is 0 Å². The summed E-state index contributed by atoms with van der Waals surface area (Å²) in [5, 5.41) is 4.47. The average molecular weight is 238 g/mol. The third kappa shape index (κ3) is 1.86. The van der Waals surface area contributed by atoms with Gasteiger partial charge in [-0.15, -0.1) is 0 Å². The lowest BCUT2D eigenvalue weighted by Gasteiger charge is -2.05. The molecule has 0 atom stereocenters. The minimum absolute atomic E-state index is 0.496. The van der Waals surface area contributed by atoms with E-state index in [1.807, 2.05) is 30.6 Å². The Balaban J connectivity index is 2.02. The van der Waals surface area contributed by atoms with E-state index in [1.54, 1.807) is 10.7 Å². The molecule has 4 nitrogen and oxygen atoms in total. The first-order chi connectivity index (χ1) is 8.74. The van der Waals surface area contributed by atoms with Crippen LogP contribution in [0.5, 0.6) is 0 Å². The fraction of sp³-hybridized carbons (Fsp3) is 0.214. The molecule has 0 N–H and O–H groups in total. The number of pyridine rings is 1. The molecule has 0 aromatic carbocycles. The third-order valence-electron chi connectivity index (χ3n) is 2.97. The Morgan fingerprint density at radius 2 is 1.83 bits per heavy atom. The van der Waals surface area contributed by atoms with E-state index in [9.17, 15) is 0 Å². The van der Waals surface area contributed by atoms with Crippen molar-refractivity contribution in [2.24, 2.45) is 0 Å². The first-order valence-electron chi connectivity index (χ1n) is 6.01. The molecule has 0 aliphatic rings. The Bertz CT molecular complexity index is 668. The van der Waals surface area contributed by atoms with Crippen LogP contribution in [-0.4, -0.2) is 19.6 Å². The molecule has 0 saturated carbocycles. The molecule has 90 valence electrons. The summed E-state index contributed by atoms with van der Waals surface area (Å²) in [6.45, 7) is 4.32. The van der Waals surface area contributed by atoms with Crippen LogP contribution in [0, 0.1) is 0 Å². The Hall–Kier alpha value is -2.23. The summed E-state index contributed by atoms with van der Waals surface area (Å²) in [5.74, 6) is 0.496. The molecule has 0 fully saturated rings. The van der Waals surface area contributed by atoms with Crippen LogP contribution in [0.4, 0.5) is 0 Å². The highest BCUT2D eigenvalue weighted by molar-refractivity contribution is 5.55. The van der Waals surface area contributed by atoms with E-state index in [4.69, 9.17) is 0 Å². The highest BCUT2D eigenvalue weighted by Crippen LogP contribution is 2.18. The Kier molecular flexibility index (Phi) is 2.55. The first kappa shape index (κ1) is 10.9. The summed E-state index contributed by atoms with van der Waals surface area (Å²) >= 11 is 0. The van der Waals surface area contributed by atoms with Gasteiger partial charge in [0.25, 0.3) is 0 Å². The summed E-state index contributed by atoms with van der Waals surface area (Å²) in [6, 6.07) is 8.01. The molecule has 0 amide bonds. The average Bonchev–Trinajstić information content (AvgIpc) is 2.86. The second-order valence-corrected chi connectivity index (χ2v) is 4.58. The van der Waals surface area contributed by atoms with Gasteiger partial charge in [-0.05, 0) is 29.7 Å². The second-order valence-electron chi connectivity index (χ2n) is 4.58. The topological polar surface area (TPSA) is 43.1 Å². The summed E-state index contributed by atoms with van der Waals surface area (Å²) in [4.78, 5) is 8.64. The minimum atomic E-state index is 0.496. The molecule has 3 aromatic rings. The molecule has 0 spiro atoms. The van der Waals surface area contributed by atoms with Crippen molar-refractivity contribution < 1.29 is 0 Å². The van der Waals surface area contributed by atoms with Crippen molar-refractivity contribution in [3.63, 3.8) is 0 Å². The van der Waals surface area contributed by atoms with Gasteiger partial charge in [-0.2, -0.15) is 5.10 Å². The predicted octanol–water partition coefficient (Wildman–Crippen LogP) is 2.91. The van der Waals surface area contributed by atoms with Crippen molar-refractivity contribution in [3.05, 3.63) is 48.4 Å². The SMILES string of the molecule is CC(C)c1ccc(-c2ccc3nccn3n2)nc1. The maximum atomic E-state index is 4.47. The first-order valence-corrected chi connectivity index (χ1v) is 6.01.